The van der Waals surface area contributed by atoms with Gasteiger partial charge >= 0.3 is 0 Å². The fourth-order valence-corrected chi connectivity index (χ4v) is 2.32. The first-order valence-corrected chi connectivity index (χ1v) is 7.55. The van der Waals surface area contributed by atoms with Crippen molar-refractivity contribution in [3.05, 3.63) is 65.2 Å². The molecule has 1 atom stereocenters. The van der Waals surface area contributed by atoms with E-state index >= 15 is 0 Å². The summed E-state index contributed by atoms with van der Waals surface area (Å²) in [7, 11) is 0. The summed E-state index contributed by atoms with van der Waals surface area (Å²) < 4.78 is 32.6. The molecule has 128 valence electrons. The average molecular weight is 335 g/mol. The summed E-state index contributed by atoms with van der Waals surface area (Å²) in [6.45, 7) is 1.22. The van der Waals surface area contributed by atoms with Crippen LogP contribution in [-0.2, 0) is 17.8 Å². The SMILES string of the molecule is C[C@H](Cc1c(F)cccc1F)NC(=O)COc1ccccc1CO. The Hall–Kier alpha value is -2.47. The molecule has 0 bridgehead atoms. The fourth-order valence-electron chi connectivity index (χ4n) is 2.32. The molecule has 1 amide bonds. The molecule has 0 aromatic heterocycles. The minimum Gasteiger partial charge on any atom is -0.483 e. The van der Waals surface area contributed by atoms with Gasteiger partial charge in [0.1, 0.15) is 17.4 Å². The molecule has 2 rings (SSSR count). The number of rotatable bonds is 7. The minimum absolute atomic E-state index is 0.0392. The molecule has 2 aromatic rings. The monoisotopic (exact) mass is 335 g/mol. The lowest BCUT2D eigenvalue weighted by molar-refractivity contribution is -0.123. The Kier molecular flexibility index (Phi) is 6.26. The highest BCUT2D eigenvalue weighted by Gasteiger charge is 2.15. The van der Waals surface area contributed by atoms with Gasteiger partial charge in [0.05, 0.1) is 6.61 Å². The highest BCUT2D eigenvalue weighted by atomic mass is 19.1. The zero-order chi connectivity index (χ0) is 17.5. The summed E-state index contributed by atoms with van der Waals surface area (Å²) in [5.41, 5.74) is 0.517. The van der Waals surface area contributed by atoms with Crippen molar-refractivity contribution in [1.29, 1.82) is 0 Å². The van der Waals surface area contributed by atoms with E-state index in [0.717, 1.165) is 0 Å². The van der Waals surface area contributed by atoms with Crippen molar-refractivity contribution in [2.24, 2.45) is 0 Å². The van der Waals surface area contributed by atoms with Gasteiger partial charge in [-0.2, -0.15) is 0 Å². The van der Waals surface area contributed by atoms with Gasteiger partial charge < -0.3 is 15.2 Å². The molecular weight excluding hydrogens is 316 g/mol. The quantitative estimate of drug-likeness (QED) is 0.818. The molecule has 0 unspecified atom stereocenters. The predicted octanol–water partition coefficient (Wildman–Crippen LogP) is 2.58. The Bertz CT molecular complexity index is 686. The van der Waals surface area contributed by atoms with E-state index in [2.05, 4.69) is 5.32 Å². The lowest BCUT2D eigenvalue weighted by Gasteiger charge is -2.16. The number of hydrogen-bond donors (Lipinski definition) is 2. The van der Waals surface area contributed by atoms with E-state index in [4.69, 9.17) is 4.74 Å². The lowest BCUT2D eigenvalue weighted by Crippen LogP contribution is -2.37. The van der Waals surface area contributed by atoms with Gasteiger partial charge in [-0.05, 0) is 31.5 Å². The van der Waals surface area contributed by atoms with Crippen molar-refractivity contribution >= 4 is 5.91 Å². The topological polar surface area (TPSA) is 58.6 Å². The van der Waals surface area contributed by atoms with Crippen LogP contribution in [0.4, 0.5) is 8.78 Å². The Balaban J connectivity index is 1.88. The number of amides is 1. The predicted molar refractivity (Wildman–Crippen MR) is 85.5 cm³/mol. The van der Waals surface area contributed by atoms with Crippen molar-refractivity contribution in [3.63, 3.8) is 0 Å². The summed E-state index contributed by atoms with van der Waals surface area (Å²) in [6.07, 6.45) is 0.0392. The van der Waals surface area contributed by atoms with E-state index in [-0.39, 0.29) is 25.2 Å². The average Bonchev–Trinajstić information content (AvgIpc) is 2.56. The van der Waals surface area contributed by atoms with Crippen LogP contribution in [0.5, 0.6) is 5.75 Å². The first-order valence-electron chi connectivity index (χ1n) is 7.55. The molecule has 0 heterocycles. The molecule has 0 aliphatic rings. The van der Waals surface area contributed by atoms with Gasteiger partial charge in [-0.15, -0.1) is 0 Å². The number of aliphatic hydroxyl groups excluding tert-OH is 1. The molecule has 0 saturated carbocycles. The van der Waals surface area contributed by atoms with E-state index in [1.165, 1.54) is 18.2 Å². The number of benzene rings is 2. The number of halogens is 2. The second-order valence-electron chi connectivity index (χ2n) is 5.43. The maximum absolute atomic E-state index is 13.6. The van der Waals surface area contributed by atoms with E-state index in [9.17, 15) is 18.7 Å². The van der Waals surface area contributed by atoms with E-state index in [0.29, 0.717) is 11.3 Å². The molecule has 24 heavy (non-hydrogen) atoms. The molecule has 0 aliphatic heterocycles. The number of carbonyl (C=O) groups excluding carboxylic acids is 1. The third kappa shape index (κ3) is 4.76. The van der Waals surface area contributed by atoms with Gasteiger partial charge in [0.15, 0.2) is 6.61 Å². The van der Waals surface area contributed by atoms with Crippen LogP contribution >= 0.6 is 0 Å². The van der Waals surface area contributed by atoms with Crippen LogP contribution in [-0.4, -0.2) is 23.7 Å². The molecule has 6 heteroatoms. The van der Waals surface area contributed by atoms with Gasteiger partial charge in [-0.25, -0.2) is 8.78 Å². The number of ether oxygens (including phenoxy) is 1. The van der Waals surface area contributed by atoms with Crippen molar-refractivity contribution in [3.8, 4) is 5.75 Å². The van der Waals surface area contributed by atoms with Gasteiger partial charge in [-0.1, -0.05) is 24.3 Å². The zero-order valence-electron chi connectivity index (χ0n) is 13.3. The first-order chi connectivity index (χ1) is 11.5. The Labute approximate surface area is 139 Å². The minimum atomic E-state index is -0.635. The van der Waals surface area contributed by atoms with Gasteiger partial charge in [-0.3, -0.25) is 4.79 Å². The molecule has 4 nitrogen and oxygen atoms in total. The van der Waals surface area contributed by atoms with Crippen LogP contribution in [0.2, 0.25) is 0 Å². The maximum atomic E-state index is 13.6. The second kappa shape index (κ2) is 8.40. The van der Waals surface area contributed by atoms with Crippen LogP contribution < -0.4 is 10.1 Å². The van der Waals surface area contributed by atoms with E-state index in [1.54, 1.807) is 31.2 Å². The fraction of sp³-hybridized carbons (Fsp3) is 0.278. The zero-order valence-corrected chi connectivity index (χ0v) is 13.3. The summed E-state index contributed by atoms with van der Waals surface area (Å²) in [5, 5.41) is 11.8. The van der Waals surface area contributed by atoms with Crippen molar-refractivity contribution in [2.45, 2.75) is 26.0 Å². The van der Waals surface area contributed by atoms with Crippen molar-refractivity contribution < 1.29 is 23.4 Å². The van der Waals surface area contributed by atoms with E-state index < -0.39 is 23.6 Å². The number of carbonyl (C=O) groups is 1. The number of aliphatic hydroxyl groups is 1. The van der Waals surface area contributed by atoms with E-state index in [1.807, 2.05) is 0 Å². The van der Waals surface area contributed by atoms with Gasteiger partial charge in [0.25, 0.3) is 5.91 Å². The molecule has 0 fully saturated rings. The molecule has 0 aliphatic carbocycles. The summed E-state index contributed by atoms with van der Waals surface area (Å²) >= 11 is 0. The highest BCUT2D eigenvalue weighted by molar-refractivity contribution is 5.77. The van der Waals surface area contributed by atoms with Gasteiger partial charge in [0, 0.05) is 17.2 Å². The normalized spacial score (nSPS) is 11.8. The summed E-state index contributed by atoms with van der Waals surface area (Å²) in [5.74, 6) is -1.26. The Morgan fingerprint density at radius 1 is 1.17 bits per heavy atom. The standard InChI is InChI=1S/C18H19F2NO3/c1-12(9-14-15(19)6-4-7-16(14)20)21-18(23)11-24-17-8-3-2-5-13(17)10-22/h2-8,12,22H,9-11H2,1H3,(H,21,23)/t12-/m1/s1. The number of para-hydroxylation sites is 1. The van der Waals surface area contributed by atoms with Crippen molar-refractivity contribution in [2.75, 3.05) is 6.61 Å². The first kappa shape index (κ1) is 17.9. The Morgan fingerprint density at radius 2 is 1.83 bits per heavy atom. The molecule has 0 spiro atoms. The molecule has 0 radical (unpaired) electrons. The smallest absolute Gasteiger partial charge is 0.258 e. The van der Waals surface area contributed by atoms with Gasteiger partial charge in [0.2, 0.25) is 0 Å². The summed E-state index contributed by atoms with van der Waals surface area (Å²) in [6, 6.07) is 10.0. The third-order valence-corrected chi connectivity index (χ3v) is 3.48. The molecule has 2 N–H and O–H groups in total. The highest BCUT2D eigenvalue weighted by Crippen LogP contribution is 2.17. The van der Waals surface area contributed by atoms with Crippen LogP contribution in [0.25, 0.3) is 0 Å². The third-order valence-electron chi connectivity index (χ3n) is 3.48. The number of nitrogens with one attached hydrogen (secondary N) is 1. The lowest BCUT2D eigenvalue weighted by atomic mass is 10.1. The van der Waals surface area contributed by atoms with Crippen LogP contribution in [0.1, 0.15) is 18.1 Å². The number of hydrogen-bond acceptors (Lipinski definition) is 3. The Morgan fingerprint density at radius 3 is 2.50 bits per heavy atom. The largest absolute Gasteiger partial charge is 0.483 e. The maximum Gasteiger partial charge on any atom is 0.258 e. The molecular formula is C18H19F2NO3. The second-order valence-corrected chi connectivity index (χ2v) is 5.43. The molecule has 2 aromatic carbocycles. The van der Waals surface area contributed by atoms with Crippen molar-refractivity contribution in [1.82, 2.24) is 5.32 Å². The molecule has 0 saturated heterocycles. The van der Waals surface area contributed by atoms with Crippen LogP contribution in [0, 0.1) is 11.6 Å². The summed E-state index contributed by atoms with van der Waals surface area (Å²) in [4.78, 5) is 11.9. The van der Waals surface area contributed by atoms with Crippen LogP contribution in [0.3, 0.4) is 0 Å². The van der Waals surface area contributed by atoms with Crippen LogP contribution in [0.15, 0.2) is 42.5 Å².